The van der Waals surface area contributed by atoms with Crippen molar-refractivity contribution in [3.63, 3.8) is 0 Å². The van der Waals surface area contributed by atoms with Gasteiger partial charge in [-0.1, -0.05) is 29.8 Å². The van der Waals surface area contributed by atoms with Crippen molar-refractivity contribution >= 4 is 27.7 Å². The van der Waals surface area contributed by atoms with Crippen LogP contribution in [0.25, 0.3) is 0 Å². The Hall–Kier alpha value is -1.87. The largest absolute Gasteiger partial charge is 0.351 e. The Morgan fingerprint density at radius 1 is 1.03 bits per heavy atom. The number of nitrogens with one attached hydrogen (secondary N) is 1. The molecule has 8 heteroatoms. The fourth-order valence-corrected chi connectivity index (χ4v) is 5.33. The summed E-state index contributed by atoms with van der Waals surface area (Å²) in [5, 5.41) is 2.97. The molecule has 0 radical (unpaired) electrons. The molecule has 0 unspecified atom stereocenters. The zero-order valence-electron chi connectivity index (χ0n) is 16.8. The van der Waals surface area contributed by atoms with E-state index in [4.69, 9.17) is 0 Å². The van der Waals surface area contributed by atoms with Crippen molar-refractivity contribution in [2.75, 3.05) is 45.5 Å². The number of aryl methyl sites for hydroxylation is 1. The summed E-state index contributed by atoms with van der Waals surface area (Å²) < 4.78 is 27.1. The molecule has 1 amide bonds. The Morgan fingerprint density at radius 3 is 2.34 bits per heavy atom. The van der Waals surface area contributed by atoms with Crippen molar-refractivity contribution in [1.29, 1.82) is 0 Å². The van der Waals surface area contributed by atoms with Crippen molar-refractivity contribution in [3.05, 3.63) is 59.7 Å². The van der Waals surface area contributed by atoms with E-state index in [-0.39, 0.29) is 5.91 Å². The molecule has 0 bridgehead atoms. The molecule has 156 valence electrons. The Balaban J connectivity index is 1.47. The Labute approximate surface area is 177 Å². The van der Waals surface area contributed by atoms with Gasteiger partial charge in [0.15, 0.2) is 0 Å². The lowest BCUT2D eigenvalue weighted by Crippen LogP contribution is -2.50. The zero-order valence-corrected chi connectivity index (χ0v) is 18.4. The highest BCUT2D eigenvalue weighted by atomic mass is 32.2. The summed E-state index contributed by atoms with van der Waals surface area (Å²) in [5.41, 5.74) is 1.73. The number of amides is 1. The van der Waals surface area contributed by atoms with E-state index in [0.29, 0.717) is 49.7 Å². The van der Waals surface area contributed by atoms with E-state index < -0.39 is 10.0 Å². The van der Waals surface area contributed by atoms with Gasteiger partial charge < -0.3 is 5.32 Å². The van der Waals surface area contributed by atoms with E-state index in [2.05, 4.69) is 10.2 Å². The zero-order chi connectivity index (χ0) is 20.9. The van der Waals surface area contributed by atoms with Crippen LogP contribution in [0.3, 0.4) is 0 Å². The van der Waals surface area contributed by atoms with Gasteiger partial charge in [-0.2, -0.15) is 4.31 Å². The maximum absolute atomic E-state index is 12.8. The van der Waals surface area contributed by atoms with Crippen LogP contribution in [0.5, 0.6) is 0 Å². The van der Waals surface area contributed by atoms with Crippen molar-refractivity contribution in [3.8, 4) is 0 Å². The smallest absolute Gasteiger partial charge is 0.252 e. The third-order valence-corrected chi connectivity index (χ3v) is 7.76. The van der Waals surface area contributed by atoms with Crippen LogP contribution in [0.4, 0.5) is 0 Å². The monoisotopic (exact) mass is 433 g/mol. The third kappa shape index (κ3) is 5.39. The topological polar surface area (TPSA) is 69.7 Å². The van der Waals surface area contributed by atoms with Crippen LogP contribution >= 0.6 is 11.8 Å². The molecule has 1 fully saturated rings. The van der Waals surface area contributed by atoms with Gasteiger partial charge in [-0.3, -0.25) is 9.69 Å². The molecular formula is C21H27N3O3S2. The normalized spacial score (nSPS) is 15.9. The fraction of sp³-hybridized carbons (Fsp3) is 0.381. The fourth-order valence-electron chi connectivity index (χ4n) is 3.31. The molecule has 1 saturated heterocycles. The first-order valence-corrected chi connectivity index (χ1v) is 12.3. The summed E-state index contributed by atoms with van der Waals surface area (Å²) in [6.07, 6.45) is 1.95. The van der Waals surface area contributed by atoms with Crippen LogP contribution in [0, 0.1) is 6.92 Å². The standard InChI is InChI=1S/C21H27N3O3S2/c1-17-7-9-18(10-8-17)29(26,27)24-15-13-23(14-16-24)12-11-22-21(25)19-5-3-4-6-20(19)28-2/h3-10H,11-16H2,1-2H3,(H,22,25). The first-order chi connectivity index (χ1) is 13.9. The lowest BCUT2D eigenvalue weighted by molar-refractivity contribution is 0.0942. The lowest BCUT2D eigenvalue weighted by Gasteiger charge is -2.34. The molecule has 0 spiro atoms. The first kappa shape index (κ1) is 21.8. The molecule has 29 heavy (non-hydrogen) atoms. The number of sulfonamides is 1. The molecule has 2 aromatic carbocycles. The van der Waals surface area contributed by atoms with Gasteiger partial charge in [-0.25, -0.2) is 8.42 Å². The predicted molar refractivity (Wildman–Crippen MR) is 117 cm³/mol. The molecule has 3 rings (SSSR count). The van der Waals surface area contributed by atoms with Crippen LogP contribution in [0.2, 0.25) is 0 Å². The molecule has 0 saturated carbocycles. The second-order valence-electron chi connectivity index (χ2n) is 7.01. The SMILES string of the molecule is CSc1ccccc1C(=O)NCCN1CCN(S(=O)(=O)c2ccc(C)cc2)CC1. The molecule has 0 aromatic heterocycles. The average Bonchev–Trinajstić information content (AvgIpc) is 2.74. The number of rotatable bonds is 7. The molecule has 1 heterocycles. The van der Waals surface area contributed by atoms with Crippen LogP contribution in [-0.4, -0.2) is 69.1 Å². The van der Waals surface area contributed by atoms with Crippen molar-refractivity contribution in [2.24, 2.45) is 0 Å². The Kier molecular flexibility index (Phi) is 7.34. The minimum atomic E-state index is -3.45. The van der Waals surface area contributed by atoms with Crippen molar-refractivity contribution in [2.45, 2.75) is 16.7 Å². The van der Waals surface area contributed by atoms with Crippen LogP contribution in [-0.2, 0) is 10.0 Å². The number of hydrogen-bond donors (Lipinski definition) is 1. The molecule has 1 aliphatic heterocycles. The molecule has 6 nitrogen and oxygen atoms in total. The second kappa shape index (κ2) is 9.75. The number of carbonyl (C=O) groups excluding carboxylic acids is 1. The van der Waals surface area contributed by atoms with Gasteiger partial charge in [-0.05, 0) is 37.4 Å². The van der Waals surface area contributed by atoms with Crippen LogP contribution in [0.15, 0.2) is 58.3 Å². The number of hydrogen-bond acceptors (Lipinski definition) is 5. The summed E-state index contributed by atoms with van der Waals surface area (Å²) >= 11 is 1.55. The Morgan fingerprint density at radius 2 is 1.69 bits per heavy atom. The van der Waals surface area contributed by atoms with E-state index >= 15 is 0 Å². The summed E-state index contributed by atoms with van der Waals surface area (Å²) in [4.78, 5) is 15.9. The van der Waals surface area contributed by atoms with Gasteiger partial charge in [0.1, 0.15) is 0 Å². The number of carbonyl (C=O) groups is 1. The second-order valence-corrected chi connectivity index (χ2v) is 9.80. The number of benzene rings is 2. The van der Waals surface area contributed by atoms with Crippen molar-refractivity contribution < 1.29 is 13.2 Å². The minimum absolute atomic E-state index is 0.0736. The maximum atomic E-state index is 12.8. The third-order valence-electron chi connectivity index (χ3n) is 5.06. The summed E-state index contributed by atoms with van der Waals surface area (Å²) in [6.45, 7) is 5.40. The molecular weight excluding hydrogens is 406 g/mol. The van der Waals surface area contributed by atoms with Crippen molar-refractivity contribution in [1.82, 2.24) is 14.5 Å². The molecule has 1 N–H and O–H groups in total. The Bertz CT molecular complexity index is 938. The number of piperazine rings is 1. The summed E-state index contributed by atoms with van der Waals surface area (Å²) in [6, 6.07) is 14.5. The van der Waals surface area contributed by atoms with Crippen LogP contribution < -0.4 is 5.32 Å². The van der Waals surface area contributed by atoms with Crippen LogP contribution in [0.1, 0.15) is 15.9 Å². The maximum Gasteiger partial charge on any atom is 0.252 e. The molecule has 2 aromatic rings. The predicted octanol–water partition coefficient (Wildman–Crippen LogP) is 2.45. The van der Waals surface area contributed by atoms with Gasteiger partial charge in [0.05, 0.1) is 10.5 Å². The highest BCUT2D eigenvalue weighted by molar-refractivity contribution is 7.98. The highest BCUT2D eigenvalue weighted by Crippen LogP contribution is 2.20. The number of thioether (sulfide) groups is 1. The average molecular weight is 434 g/mol. The highest BCUT2D eigenvalue weighted by Gasteiger charge is 2.28. The van der Waals surface area contributed by atoms with Gasteiger partial charge in [-0.15, -0.1) is 11.8 Å². The quantitative estimate of drug-likeness (QED) is 0.680. The lowest BCUT2D eigenvalue weighted by atomic mass is 10.2. The molecule has 1 aliphatic rings. The van der Waals surface area contributed by atoms with E-state index in [1.54, 1.807) is 28.2 Å². The van der Waals surface area contributed by atoms with Gasteiger partial charge >= 0.3 is 0 Å². The summed E-state index contributed by atoms with van der Waals surface area (Å²) in [5.74, 6) is -0.0736. The minimum Gasteiger partial charge on any atom is -0.351 e. The molecule has 0 aliphatic carbocycles. The van der Waals surface area contributed by atoms with E-state index in [9.17, 15) is 13.2 Å². The van der Waals surface area contributed by atoms with E-state index in [0.717, 1.165) is 10.5 Å². The first-order valence-electron chi connectivity index (χ1n) is 9.62. The van der Waals surface area contributed by atoms with Gasteiger partial charge in [0.2, 0.25) is 10.0 Å². The van der Waals surface area contributed by atoms with Gasteiger partial charge in [0, 0.05) is 44.2 Å². The van der Waals surface area contributed by atoms with Gasteiger partial charge in [0.25, 0.3) is 5.91 Å². The number of nitrogens with zero attached hydrogens (tertiary/aromatic N) is 2. The van der Waals surface area contributed by atoms with E-state index in [1.165, 1.54) is 0 Å². The molecule has 0 atom stereocenters. The van der Waals surface area contributed by atoms with E-state index in [1.807, 2.05) is 49.6 Å². The summed E-state index contributed by atoms with van der Waals surface area (Å²) in [7, 11) is -3.45.